The Hall–Kier alpha value is -1.43. The first-order valence-electron chi connectivity index (χ1n) is 4.81. The van der Waals surface area contributed by atoms with E-state index in [2.05, 4.69) is 5.32 Å². The van der Waals surface area contributed by atoms with Gasteiger partial charge in [0, 0.05) is 12.8 Å². The van der Waals surface area contributed by atoms with Crippen LogP contribution in [-0.4, -0.2) is 34.8 Å². The Morgan fingerprint density at radius 2 is 2.00 bits per heavy atom. The molecule has 2 atom stereocenters. The minimum Gasteiger partial charge on any atom is -0.480 e. The van der Waals surface area contributed by atoms with E-state index in [4.69, 9.17) is 10.8 Å². The predicted molar refractivity (Wildman–Crippen MR) is 51.0 cm³/mol. The van der Waals surface area contributed by atoms with Crippen LogP contribution in [0.1, 0.15) is 25.7 Å². The number of carboxylic acid groups (broad SMARTS) is 1. The molecule has 1 unspecified atom stereocenters. The van der Waals surface area contributed by atoms with Crippen molar-refractivity contribution in [2.75, 3.05) is 0 Å². The Kier molecular flexibility index (Phi) is 3.79. The zero-order chi connectivity index (χ0) is 11.4. The molecular weight excluding hydrogens is 200 g/mol. The molecule has 0 radical (unpaired) electrons. The number of Topliss-reactive ketones (excluding diaryl/α,β-unsaturated/α-hetero) is 1. The Balaban J connectivity index is 2.70. The molecule has 1 aliphatic rings. The summed E-state index contributed by atoms with van der Waals surface area (Å²) in [6, 6.07) is -1.59. The largest absolute Gasteiger partial charge is 0.480 e. The molecule has 0 aromatic carbocycles. The maximum absolute atomic E-state index is 11.3. The molecule has 6 nitrogen and oxygen atoms in total. The van der Waals surface area contributed by atoms with E-state index < -0.39 is 24.0 Å². The van der Waals surface area contributed by atoms with Crippen molar-refractivity contribution in [1.82, 2.24) is 5.32 Å². The van der Waals surface area contributed by atoms with E-state index in [9.17, 15) is 14.4 Å². The first kappa shape index (κ1) is 11.6. The summed E-state index contributed by atoms with van der Waals surface area (Å²) < 4.78 is 0. The molecule has 84 valence electrons. The number of hydrogen-bond donors (Lipinski definition) is 3. The normalized spacial score (nSPS) is 28.6. The standard InChI is InChI=1S/C9H14N2O4/c10-5-1-2-6(9(14)15)11-8(13)4-3-7(5)12/h5-6H,1-4,10H2,(H,11,13)(H,14,15)/t5?,6-/m0/s1. The number of carboxylic acids is 1. The summed E-state index contributed by atoms with van der Waals surface area (Å²) in [7, 11) is 0. The van der Waals surface area contributed by atoms with Crippen molar-refractivity contribution in [3.63, 3.8) is 0 Å². The number of ketones is 1. The minimum atomic E-state index is -1.09. The van der Waals surface area contributed by atoms with Gasteiger partial charge in [-0.3, -0.25) is 9.59 Å². The Bertz CT molecular complexity index is 290. The second kappa shape index (κ2) is 4.88. The quantitative estimate of drug-likeness (QED) is 0.520. The van der Waals surface area contributed by atoms with Gasteiger partial charge in [-0.1, -0.05) is 0 Å². The van der Waals surface area contributed by atoms with Gasteiger partial charge in [0.15, 0.2) is 0 Å². The minimum absolute atomic E-state index is 0.0102. The number of carbonyl (C=O) groups excluding carboxylic acids is 2. The monoisotopic (exact) mass is 214 g/mol. The van der Waals surface area contributed by atoms with Crippen LogP contribution in [0.4, 0.5) is 0 Å². The van der Waals surface area contributed by atoms with Crippen LogP contribution in [0.15, 0.2) is 0 Å². The highest BCUT2D eigenvalue weighted by molar-refractivity contribution is 5.90. The molecule has 1 amide bonds. The number of nitrogens with two attached hydrogens (primary N) is 1. The molecule has 6 heteroatoms. The van der Waals surface area contributed by atoms with Crippen LogP contribution < -0.4 is 11.1 Å². The van der Waals surface area contributed by atoms with Crippen LogP contribution in [0.5, 0.6) is 0 Å². The summed E-state index contributed by atoms with van der Waals surface area (Å²) in [5.41, 5.74) is 5.54. The van der Waals surface area contributed by atoms with E-state index in [0.717, 1.165) is 0 Å². The Labute approximate surface area is 86.8 Å². The van der Waals surface area contributed by atoms with Crippen LogP contribution in [0.3, 0.4) is 0 Å². The zero-order valence-corrected chi connectivity index (χ0v) is 8.23. The number of hydrogen-bond acceptors (Lipinski definition) is 4. The van der Waals surface area contributed by atoms with Crippen molar-refractivity contribution >= 4 is 17.7 Å². The maximum atomic E-state index is 11.3. The summed E-state index contributed by atoms with van der Waals surface area (Å²) in [6.07, 6.45) is 0.569. The second-order valence-electron chi connectivity index (χ2n) is 3.61. The third kappa shape index (κ3) is 3.32. The van der Waals surface area contributed by atoms with Gasteiger partial charge in [0.1, 0.15) is 11.8 Å². The third-order valence-corrected chi connectivity index (χ3v) is 2.41. The lowest BCUT2D eigenvalue weighted by atomic mass is 10.0. The lowest BCUT2D eigenvalue weighted by molar-refractivity contribution is -0.142. The smallest absolute Gasteiger partial charge is 0.326 e. The molecule has 0 spiro atoms. The average Bonchev–Trinajstić information content (AvgIpc) is 2.23. The summed E-state index contributed by atoms with van der Waals surface area (Å²) in [5.74, 6) is -1.69. The van der Waals surface area contributed by atoms with Gasteiger partial charge in [-0.05, 0) is 12.8 Å². The topological polar surface area (TPSA) is 109 Å². The van der Waals surface area contributed by atoms with Crippen molar-refractivity contribution < 1.29 is 19.5 Å². The van der Waals surface area contributed by atoms with Crippen molar-refractivity contribution in [2.45, 2.75) is 37.8 Å². The molecule has 1 aliphatic heterocycles. The fraction of sp³-hybridized carbons (Fsp3) is 0.667. The molecule has 0 bridgehead atoms. The van der Waals surface area contributed by atoms with Gasteiger partial charge in [0.2, 0.25) is 5.91 Å². The molecule has 1 saturated heterocycles. The van der Waals surface area contributed by atoms with Crippen molar-refractivity contribution in [3.8, 4) is 0 Å². The van der Waals surface area contributed by atoms with Gasteiger partial charge in [-0.15, -0.1) is 0 Å². The second-order valence-corrected chi connectivity index (χ2v) is 3.61. The molecule has 15 heavy (non-hydrogen) atoms. The molecule has 0 aromatic rings. The lowest BCUT2D eigenvalue weighted by Crippen LogP contribution is -2.40. The van der Waals surface area contributed by atoms with E-state index in [0.29, 0.717) is 0 Å². The number of aliphatic carboxylic acids is 1. The van der Waals surface area contributed by atoms with Gasteiger partial charge < -0.3 is 16.2 Å². The van der Waals surface area contributed by atoms with E-state index in [1.807, 2.05) is 0 Å². The summed E-state index contributed by atoms with van der Waals surface area (Å²) in [4.78, 5) is 33.2. The number of nitrogens with one attached hydrogen (secondary N) is 1. The number of rotatable bonds is 1. The van der Waals surface area contributed by atoms with Crippen molar-refractivity contribution in [2.24, 2.45) is 5.73 Å². The lowest BCUT2D eigenvalue weighted by Gasteiger charge is -2.13. The molecule has 0 aliphatic carbocycles. The first-order chi connectivity index (χ1) is 7.00. The molecule has 1 heterocycles. The molecule has 1 fully saturated rings. The van der Waals surface area contributed by atoms with Crippen LogP contribution in [-0.2, 0) is 14.4 Å². The number of amides is 1. The molecule has 4 N–H and O–H groups in total. The van der Waals surface area contributed by atoms with Crippen LogP contribution in [0, 0.1) is 0 Å². The van der Waals surface area contributed by atoms with E-state index in [-0.39, 0.29) is 31.5 Å². The Morgan fingerprint density at radius 1 is 1.33 bits per heavy atom. The Morgan fingerprint density at radius 3 is 2.60 bits per heavy atom. The average molecular weight is 214 g/mol. The first-order valence-corrected chi connectivity index (χ1v) is 4.81. The van der Waals surface area contributed by atoms with Gasteiger partial charge in [0.05, 0.1) is 6.04 Å². The maximum Gasteiger partial charge on any atom is 0.326 e. The van der Waals surface area contributed by atoms with Crippen LogP contribution >= 0.6 is 0 Å². The highest BCUT2D eigenvalue weighted by atomic mass is 16.4. The molecule has 1 rings (SSSR count). The van der Waals surface area contributed by atoms with Crippen LogP contribution in [0.2, 0.25) is 0 Å². The highest BCUT2D eigenvalue weighted by Gasteiger charge is 2.25. The fourth-order valence-corrected chi connectivity index (χ4v) is 1.45. The third-order valence-electron chi connectivity index (χ3n) is 2.41. The highest BCUT2D eigenvalue weighted by Crippen LogP contribution is 2.08. The summed E-state index contributed by atoms with van der Waals surface area (Å²) in [6.45, 7) is 0. The van der Waals surface area contributed by atoms with E-state index in [1.54, 1.807) is 0 Å². The fourth-order valence-electron chi connectivity index (χ4n) is 1.45. The number of carbonyl (C=O) groups is 3. The molecular formula is C9H14N2O4. The summed E-state index contributed by atoms with van der Waals surface area (Å²) in [5, 5.41) is 11.1. The summed E-state index contributed by atoms with van der Waals surface area (Å²) >= 11 is 0. The SMILES string of the molecule is NC1CC[C@@H](C(=O)O)NC(=O)CCC1=O. The molecule has 0 aromatic heterocycles. The van der Waals surface area contributed by atoms with Crippen molar-refractivity contribution in [1.29, 1.82) is 0 Å². The predicted octanol–water partition coefficient (Wildman–Crippen LogP) is -0.974. The van der Waals surface area contributed by atoms with E-state index in [1.165, 1.54) is 0 Å². The van der Waals surface area contributed by atoms with Gasteiger partial charge in [-0.2, -0.15) is 0 Å². The zero-order valence-electron chi connectivity index (χ0n) is 8.23. The molecule has 0 saturated carbocycles. The van der Waals surface area contributed by atoms with Gasteiger partial charge in [-0.25, -0.2) is 4.79 Å². The van der Waals surface area contributed by atoms with Crippen molar-refractivity contribution in [3.05, 3.63) is 0 Å². The van der Waals surface area contributed by atoms with Gasteiger partial charge in [0.25, 0.3) is 0 Å². The van der Waals surface area contributed by atoms with Crippen LogP contribution in [0.25, 0.3) is 0 Å². The van der Waals surface area contributed by atoms with Gasteiger partial charge >= 0.3 is 5.97 Å². The van der Waals surface area contributed by atoms with E-state index >= 15 is 0 Å².